The van der Waals surface area contributed by atoms with Crippen LogP contribution >= 0.6 is 35.7 Å². The van der Waals surface area contributed by atoms with Gasteiger partial charge in [0.25, 0.3) is 0 Å². The minimum Gasteiger partial charge on any atom is -0.355 e. The molecule has 0 saturated carbocycles. The first-order chi connectivity index (χ1) is 8.14. The van der Waals surface area contributed by atoms with E-state index in [0.29, 0.717) is 0 Å². The van der Waals surface area contributed by atoms with E-state index >= 15 is 0 Å². The fraction of sp³-hybridized carbons (Fsp3) is 0.750. The highest BCUT2D eigenvalue weighted by atomic mass is 127. The smallest absolute Gasteiger partial charge is 0.191 e. The van der Waals surface area contributed by atoms with Gasteiger partial charge >= 0.3 is 0 Å². The fourth-order valence-corrected chi connectivity index (χ4v) is 3.44. The lowest BCUT2D eigenvalue weighted by atomic mass is 9.97. The van der Waals surface area contributed by atoms with Crippen LogP contribution in [0.1, 0.15) is 6.42 Å². The normalized spacial score (nSPS) is 23.7. The average molecular weight is 384 g/mol. The van der Waals surface area contributed by atoms with Gasteiger partial charge in [0.05, 0.1) is 0 Å². The molecule has 1 aliphatic heterocycles. The summed E-state index contributed by atoms with van der Waals surface area (Å²) in [7, 11) is 6.12. The zero-order chi connectivity index (χ0) is 12.7. The van der Waals surface area contributed by atoms with Crippen LogP contribution < -0.4 is 10.6 Å². The van der Waals surface area contributed by atoms with E-state index in [-0.39, 0.29) is 29.5 Å². The Labute approximate surface area is 132 Å². The molecule has 1 atom stereocenters. The molecule has 4 nitrogen and oxygen atoms in total. The molecule has 106 valence electrons. The zero-order valence-corrected chi connectivity index (χ0v) is 14.7. The Bertz CT molecular complexity index is 275. The molecule has 0 aromatic heterocycles. The van der Waals surface area contributed by atoms with Crippen LogP contribution in [0.5, 0.6) is 0 Å². The van der Waals surface area contributed by atoms with E-state index < -0.39 is 0 Å². The Morgan fingerprint density at radius 3 is 2.67 bits per heavy atom. The average Bonchev–Trinajstić information content (AvgIpc) is 2.79. The van der Waals surface area contributed by atoms with Gasteiger partial charge in [-0.2, -0.15) is 11.8 Å². The Morgan fingerprint density at radius 1 is 1.50 bits per heavy atom. The third kappa shape index (κ3) is 4.97. The predicted molar refractivity (Wildman–Crippen MR) is 93.3 cm³/mol. The number of hydrogen-bond donors (Lipinski definition) is 2. The molecule has 0 aromatic rings. The summed E-state index contributed by atoms with van der Waals surface area (Å²) in [6.07, 6.45) is 3.07. The number of nitrogens with one attached hydrogen (secondary N) is 2. The molecule has 1 heterocycles. The zero-order valence-electron chi connectivity index (χ0n) is 11.5. The van der Waals surface area contributed by atoms with E-state index in [9.17, 15) is 0 Å². The number of thioether (sulfide) groups is 1. The van der Waals surface area contributed by atoms with Gasteiger partial charge in [0.2, 0.25) is 0 Å². The lowest BCUT2D eigenvalue weighted by Gasteiger charge is -2.36. The molecule has 1 unspecified atom stereocenters. The Hall–Kier alpha value is 0.0500. The Morgan fingerprint density at radius 2 is 2.22 bits per heavy atom. The Balaban J connectivity index is 0.00000289. The van der Waals surface area contributed by atoms with Crippen molar-refractivity contribution < 1.29 is 0 Å². The minimum absolute atomic E-state index is 0. The van der Waals surface area contributed by atoms with Crippen LogP contribution in [-0.4, -0.2) is 62.1 Å². The number of guanidine groups is 1. The molecule has 0 radical (unpaired) electrons. The van der Waals surface area contributed by atoms with E-state index in [0.717, 1.165) is 19.0 Å². The lowest BCUT2D eigenvalue weighted by molar-refractivity contribution is 0.183. The molecule has 6 heteroatoms. The quantitative estimate of drug-likeness (QED) is 0.325. The third-order valence-corrected chi connectivity index (χ3v) is 4.49. The molecule has 1 fully saturated rings. The second kappa shape index (κ2) is 9.03. The van der Waals surface area contributed by atoms with Crippen molar-refractivity contribution in [2.45, 2.75) is 12.0 Å². The third-order valence-electron chi connectivity index (χ3n) is 3.25. The molecular formula is C12H25IN4S. The molecule has 0 spiro atoms. The molecule has 1 saturated heterocycles. The van der Waals surface area contributed by atoms with Gasteiger partial charge in [0.1, 0.15) is 0 Å². The van der Waals surface area contributed by atoms with Crippen LogP contribution in [0.25, 0.3) is 0 Å². The highest BCUT2D eigenvalue weighted by molar-refractivity contribution is 14.0. The van der Waals surface area contributed by atoms with E-state index in [1.165, 1.54) is 17.9 Å². The van der Waals surface area contributed by atoms with Crippen molar-refractivity contribution >= 4 is 41.7 Å². The topological polar surface area (TPSA) is 39.7 Å². The molecule has 0 aromatic carbocycles. The predicted octanol–water partition coefficient (Wildman–Crippen LogP) is 1.39. The van der Waals surface area contributed by atoms with Crippen LogP contribution in [0.15, 0.2) is 17.6 Å². The molecule has 0 bridgehead atoms. The Kier molecular flexibility index (Phi) is 9.06. The number of likely N-dealkylation sites (N-methyl/N-ethyl adjacent to an activating group) is 1. The number of halogens is 1. The summed E-state index contributed by atoms with van der Waals surface area (Å²) in [6, 6.07) is 0. The van der Waals surface area contributed by atoms with Gasteiger partial charge in [-0.1, -0.05) is 6.08 Å². The van der Waals surface area contributed by atoms with Crippen LogP contribution in [0.4, 0.5) is 0 Å². The summed E-state index contributed by atoms with van der Waals surface area (Å²) in [4.78, 5) is 6.53. The van der Waals surface area contributed by atoms with Crippen LogP contribution in [0, 0.1) is 0 Å². The largest absolute Gasteiger partial charge is 0.355 e. The standard InChI is InChI=1S/C12H24N4S.HI/c1-5-7-14-11(13-2)15-9-12(16(3)4)6-8-17-10-12;/h5H,1,6-10H2,2-4H3,(H2,13,14,15);1H. The van der Waals surface area contributed by atoms with Gasteiger partial charge in [-0.15, -0.1) is 30.6 Å². The summed E-state index contributed by atoms with van der Waals surface area (Å²) in [5, 5.41) is 6.60. The molecular weight excluding hydrogens is 359 g/mol. The summed E-state index contributed by atoms with van der Waals surface area (Å²) in [5.41, 5.74) is 0.260. The van der Waals surface area contributed by atoms with Crippen molar-refractivity contribution in [3.63, 3.8) is 0 Å². The van der Waals surface area contributed by atoms with Crippen LogP contribution in [-0.2, 0) is 0 Å². The van der Waals surface area contributed by atoms with Gasteiger partial charge in [0, 0.05) is 31.4 Å². The molecule has 18 heavy (non-hydrogen) atoms. The number of rotatable bonds is 5. The molecule has 2 N–H and O–H groups in total. The van der Waals surface area contributed by atoms with Gasteiger partial charge in [-0.3, -0.25) is 4.99 Å². The second-order valence-electron chi connectivity index (χ2n) is 4.52. The highest BCUT2D eigenvalue weighted by Crippen LogP contribution is 2.31. The van der Waals surface area contributed by atoms with Crippen molar-refractivity contribution in [2.75, 3.05) is 45.7 Å². The maximum atomic E-state index is 4.20. The minimum atomic E-state index is 0. The van der Waals surface area contributed by atoms with Gasteiger partial charge < -0.3 is 15.5 Å². The number of nitrogens with zero attached hydrogens (tertiary/aromatic N) is 2. The first-order valence-electron chi connectivity index (χ1n) is 5.95. The van der Waals surface area contributed by atoms with Crippen molar-refractivity contribution in [1.29, 1.82) is 0 Å². The summed E-state index contributed by atoms with van der Waals surface area (Å²) < 4.78 is 0. The van der Waals surface area contributed by atoms with Crippen molar-refractivity contribution in [2.24, 2.45) is 4.99 Å². The van der Waals surface area contributed by atoms with Crippen molar-refractivity contribution in [1.82, 2.24) is 15.5 Å². The van der Waals surface area contributed by atoms with Gasteiger partial charge in [-0.25, -0.2) is 0 Å². The fourth-order valence-electron chi connectivity index (χ4n) is 1.88. The first-order valence-corrected chi connectivity index (χ1v) is 7.11. The summed E-state index contributed by atoms with van der Waals surface area (Å²) in [6.45, 7) is 5.36. The van der Waals surface area contributed by atoms with Crippen molar-refractivity contribution in [3.05, 3.63) is 12.7 Å². The summed E-state index contributed by atoms with van der Waals surface area (Å²) in [5.74, 6) is 3.28. The van der Waals surface area contributed by atoms with Crippen molar-refractivity contribution in [3.8, 4) is 0 Å². The van der Waals surface area contributed by atoms with E-state index in [4.69, 9.17) is 0 Å². The molecule has 1 rings (SSSR count). The molecule has 0 aliphatic carbocycles. The number of hydrogen-bond acceptors (Lipinski definition) is 3. The summed E-state index contributed by atoms with van der Waals surface area (Å²) >= 11 is 2.03. The highest BCUT2D eigenvalue weighted by Gasteiger charge is 2.36. The number of aliphatic imine (C=N–C) groups is 1. The maximum absolute atomic E-state index is 4.20. The van der Waals surface area contributed by atoms with Gasteiger partial charge in [0.15, 0.2) is 5.96 Å². The SMILES string of the molecule is C=CCNC(=NC)NCC1(N(C)C)CCSC1.I. The van der Waals surface area contributed by atoms with E-state index in [1.54, 1.807) is 7.05 Å². The lowest BCUT2D eigenvalue weighted by Crippen LogP contribution is -2.54. The van der Waals surface area contributed by atoms with E-state index in [1.807, 2.05) is 17.8 Å². The molecule has 1 aliphatic rings. The van der Waals surface area contributed by atoms with E-state index in [2.05, 4.69) is 41.2 Å². The first kappa shape index (κ1) is 18.0. The van der Waals surface area contributed by atoms with Crippen LogP contribution in [0.3, 0.4) is 0 Å². The molecule has 0 amide bonds. The van der Waals surface area contributed by atoms with Crippen LogP contribution in [0.2, 0.25) is 0 Å². The van der Waals surface area contributed by atoms with Gasteiger partial charge in [-0.05, 0) is 26.3 Å². The maximum Gasteiger partial charge on any atom is 0.191 e. The second-order valence-corrected chi connectivity index (χ2v) is 5.62. The monoisotopic (exact) mass is 384 g/mol.